The molecule has 0 amide bonds. The Hall–Kier alpha value is -0.860. The Balaban J connectivity index is 1.77. The van der Waals surface area contributed by atoms with Crippen LogP contribution in [0.25, 0.3) is 5.57 Å². The van der Waals surface area contributed by atoms with Crippen LogP contribution in [0.1, 0.15) is 34.6 Å². The van der Waals surface area contributed by atoms with E-state index in [-0.39, 0.29) is 0 Å². The van der Waals surface area contributed by atoms with Crippen LogP contribution in [0, 0.1) is 5.41 Å². The van der Waals surface area contributed by atoms with E-state index in [9.17, 15) is 0 Å². The summed E-state index contributed by atoms with van der Waals surface area (Å²) in [6.45, 7) is 0. The summed E-state index contributed by atoms with van der Waals surface area (Å²) >= 11 is 3.87. The maximum Gasteiger partial charge on any atom is 0.0129 e. The highest BCUT2D eigenvalue weighted by atomic mass is 32.1. The first kappa shape index (κ1) is 11.0. The first-order valence-corrected chi connectivity index (χ1v) is 8.43. The number of hydrogen-bond acceptors (Lipinski definition) is 2. The molecule has 2 heteroatoms. The molecule has 2 aliphatic rings. The lowest BCUT2D eigenvalue weighted by atomic mass is 9.70. The summed E-state index contributed by atoms with van der Waals surface area (Å²) in [5.74, 6) is 0. The number of fused-ring (bicyclic) bond motifs is 3. The van der Waals surface area contributed by atoms with Gasteiger partial charge in [-0.3, -0.25) is 0 Å². The summed E-state index contributed by atoms with van der Waals surface area (Å²) in [5, 5.41) is 4.47. The van der Waals surface area contributed by atoms with Crippen LogP contribution in [-0.4, -0.2) is 0 Å². The van der Waals surface area contributed by atoms with Crippen LogP contribution in [0.5, 0.6) is 0 Å². The SMILES string of the molecule is C1=C2c3ccsc3C[C@]2(Cc2cccs2)CCC1. The zero-order valence-corrected chi connectivity index (χ0v) is 11.9. The molecule has 0 aromatic carbocycles. The topological polar surface area (TPSA) is 0 Å². The van der Waals surface area contributed by atoms with E-state index >= 15 is 0 Å². The van der Waals surface area contributed by atoms with Gasteiger partial charge in [0, 0.05) is 15.2 Å². The standard InChI is InChI=1S/C16H16S2/c1-2-7-16(10-12-4-3-8-17-12)11-15-13(6-9-18-15)14(16)5-1/h3-6,8-9H,1-2,7,10-11H2/t16-/m1/s1. The zero-order valence-electron chi connectivity index (χ0n) is 10.3. The summed E-state index contributed by atoms with van der Waals surface area (Å²) < 4.78 is 0. The van der Waals surface area contributed by atoms with Gasteiger partial charge in [0.1, 0.15) is 0 Å². The Morgan fingerprint density at radius 2 is 2.17 bits per heavy atom. The molecule has 0 bridgehead atoms. The summed E-state index contributed by atoms with van der Waals surface area (Å²) in [6, 6.07) is 6.83. The highest BCUT2D eigenvalue weighted by molar-refractivity contribution is 7.10. The molecule has 2 aliphatic carbocycles. The average molecular weight is 272 g/mol. The lowest BCUT2D eigenvalue weighted by Gasteiger charge is -2.34. The number of allylic oxidation sites excluding steroid dienone is 2. The molecule has 1 atom stereocenters. The lowest BCUT2D eigenvalue weighted by molar-refractivity contribution is 0.358. The van der Waals surface area contributed by atoms with Crippen LogP contribution in [-0.2, 0) is 12.8 Å². The highest BCUT2D eigenvalue weighted by Crippen LogP contribution is 2.55. The van der Waals surface area contributed by atoms with Gasteiger partial charge >= 0.3 is 0 Å². The van der Waals surface area contributed by atoms with E-state index in [0.29, 0.717) is 5.41 Å². The third-order valence-corrected chi connectivity index (χ3v) is 6.20. The minimum atomic E-state index is 0.436. The minimum absolute atomic E-state index is 0.436. The van der Waals surface area contributed by atoms with Gasteiger partial charge in [-0.15, -0.1) is 22.7 Å². The minimum Gasteiger partial charge on any atom is -0.149 e. The van der Waals surface area contributed by atoms with Crippen LogP contribution in [0.4, 0.5) is 0 Å². The smallest absolute Gasteiger partial charge is 0.0129 e. The van der Waals surface area contributed by atoms with Crippen molar-refractivity contribution in [1.29, 1.82) is 0 Å². The molecule has 0 aliphatic heterocycles. The van der Waals surface area contributed by atoms with Crippen molar-refractivity contribution in [3.05, 3.63) is 50.4 Å². The van der Waals surface area contributed by atoms with Gasteiger partial charge < -0.3 is 0 Å². The summed E-state index contributed by atoms with van der Waals surface area (Å²) in [6.07, 6.45) is 9.07. The second-order valence-corrected chi connectivity index (χ2v) is 7.51. The van der Waals surface area contributed by atoms with Gasteiger partial charge in [-0.05, 0) is 66.1 Å². The lowest BCUT2D eigenvalue weighted by Crippen LogP contribution is -2.25. The van der Waals surface area contributed by atoms with E-state index in [2.05, 4.69) is 35.0 Å². The Labute approximate surface area is 116 Å². The summed E-state index contributed by atoms with van der Waals surface area (Å²) in [5.41, 5.74) is 3.67. The molecule has 2 aromatic rings. The summed E-state index contributed by atoms with van der Waals surface area (Å²) in [4.78, 5) is 3.18. The van der Waals surface area contributed by atoms with E-state index in [4.69, 9.17) is 0 Å². The zero-order chi connectivity index (χ0) is 12.0. The second-order valence-electron chi connectivity index (χ2n) is 5.48. The monoisotopic (exact) mass is 272 g/mol. The predicted octanol–water partition coefficient (Wildman–Crippen LogP) is 5.16. The van der Waals surface area contributed by atoms with Gasteiger partial charge in [-0.2, -0.15) is 0 Å². The molecule has 0 fully saturated rings. The number of thiophene rings is 2. The highest BCUT2D eigenvalue weighted by Gasteiger charge is 2.43. The van der Waals surface area contributed by atoms with Crippen molar-refractivity contribution in [2.75, 3.05) is 0 Å². The Morgan fingerprint density at radius 1 is 1.17 bits per heavy atom. The van der Waals surface area contributed by atoms with Crippen LogP contribution in [0.2, 0.25) is 0 Å². The Morgan fingerprint density at radius 3 is 3.06 bits per heavy atom. The fourth-order valence-electron chi connectivity index (χ4n) is 3.63. The van der Waals surface area contributed by atoms with E-state index in [0.717, 1.165) is 0 Å². The van der Waals surface area contributed by atoms with E-state index in [1.807, 2.05) is 22.7 Å². The normalized spacial score (nSPS) is 25.7. The van der Waals surface area contributed by atoms with E-state index in [1.54, 1.807) is 20.9 Å². The maximum absolute atomic E-state index is 2.52. The van der Waals surface area contributed by atoms with E-state index < -0.39 is 0 Å². The fraction of sp³-hybridized carbons (Fsp3) is 0.375. The van der Waals surface area contributed by atoms with Crippen LogP contribution < -0.4 is 0 Å². The quantitative estimate of drug-likeness (QED) is 0.708. The third kappa shape index (κ3) is 1.55. The molecule has 2 aromatic heterocycles. The molecular weight excluding hydrogens is 256 g/mol. The number of rotatable bonds is 2. The van der Waals surface area contributed by atoms with Gasteiger partial charge in [0.15, 0.2) is 0 Å². The van der Waals surface area contributed by atoms with E-state index in [1.165, 1.54) is 32.1 Å². The molecular formula is C16H16S2. The third-order valence-electron chi connectivity index (χ3n) is 4.41. The van der Waals surface area contributed by atoms with Crippen molar-refractivity contribution in [3.8, 4) is 0 Å². The number of hydrogen-bond donors (Lipinski definition) is 0. The molecule has 4 rings (SSSR count). The van der Waals surface area contributed by atoms with Gasteiger partial charge in [0.05, 0.1) is 0 Å². The van der Waals surface area contributed by atoms with Crippen LogP contribution in [0.15, 0.2) is 35.0 Å². The van der Waals surface area contributed by atoms with Crippen molar-refractivity contribution in [3.63, 3.8) is 0 Å². The van der Waals surface area contributed by atoms with Crippen LogP contribution in [0.3, 0.4) is 0 Å². The molecule has 18 heavy (non-hydrogen) atoms. The van der Waals surface area contributed by atoms with Gasteiger partial charge in [0.2, 0.25) is 0 Å². The Kier molecular flexibility index (Phi) is 2.49. The molecule has 0 radical (unpaired) electrons. The molecule has 0 saturated heterocycles. The van der Waals surface area contributed by atoms with Gasteiger partial charge in [-0.25, -0.2) is 0 Å². The van der Waals surface area contributed by atoms with Crippen LogP contribution >= 0.6 is 22.7 Å². The van der Waals surface area contributed by atoms with Crippen molar-refractivity contribution < 1.29 is 0 Å². The molecule has 0 saturated carbocycles. The molecule has 0 nitrogen and oxygen atoms in total. The van der Waals surface area contributed by atoms with Crippen molar-refractivity contribution in [2.45, 2.75) is 32.1 Å². The summed E-state index contributed by atoms with van der Waals surface area (Å²) in [7, 11) is 0. The second kappa shape index (κ2) is 4.07. The average Bonchev–Trinajstić information content (AvgIpc) is 3.04. The largest absolute Gasteiger partial charge is 0.149 e. The van der Waals surface area contributed by atoms with Gasteiger partial charge in [0.25, 0.3) is 0 Å². The molecule has 0 unspecified atom stereocenters. The van der Waals surface area contributed by atoms with Gasteiger partial charge in [-0.1, -0.05) is 12.1 Å². The van der Waals surface area contributed by atoms with Crippen molar-refractivity contribution in [1.82, 2.24) is 0 Å². The van der Waals surface area contributed by atoms with Crippen molar-refractivity contribution in [2.24, 2.45) is 5.41 Å². The van der Waals surface area contributed by atoms with Crippen molar-refractivity contribution >= 4 is 28.2 Å². The molecule has 0 N–H and O–H groups in total. The molecule has 92 valence electrons. The Bertz CT molecular complexity index is 588. The molecule has 0 spiro atoms. The maximum atomic E-state index is 2.52. The first-order chi connectivity index (χ1) is 8.87. The predicted molar refractivity (Wildman–Crippen MR) is 80.3 cm³/mol. The first-order valence-electron chi connectivity index (χ1n) is 6.67. The fourth-order valence-corrected chi connectivity index (χ4v) is 5.52. The molecule has 2 heterocycles.